The van der Waals surface area contributed by atoms with Gasteiger partial charge in [-0.05, 0) is 17.7 Å². The second kappa shape index (κ2) is 8.53. The third-order valence-corrected chi connectivity index (χ3v) is 3.37. The van der Waals surface area contributed by atoms with Gasteiger partial charge in [-0.25, -0.2) is 9.59 Å². The van der Waals surface area contributed by atoms with Gasteiger partial charge in [0.15, 0.2) is 0 Å². The number of benzene rings is 1. The van der Waals surface area contributed by atoms with Crippen molar-refractivity contribution in [3.05, 3.63) is 77.7 Å². The van der Waals surface area contributed by atoms with Crippen LogP contribution in [0.4, 0.5) is 0 Å². The van der Waals surface area contributed by atoms with Crippen molar-refractivity contribution in [2.75, 3.05) is 20.8 Å². The summed E-state index contributed by atoms with van der Waals surface area (Å²) >= 11 is 0. The van der Waals surface area contributed by atoms with E-state index in [1.165, 1.54) is 14.2 Å². The molecule has 0 aliphatic carbocycles. The average molecular weight is 325 g/mol. The van der Waals surface area contributed by atoms with Gasteiger partial charge in [-0.1, -0.05) is 42.5 Å². The topological polar surface area (TPSA) is 55.8 Å². The van der Waals surface area contributed by atoms with E-state index in [4.69, 9.17) is 9.47 Å². The number of allylic oxidation sites excluding steroid dienone is 2. The first-order chi connectivity index (χ1) is 11.7. The second-order valence-corrected chi connectivity index (χ2v) is 4.96. The third kappa shape index (κ3) is 4.46. The molecule has 2 rings (SSSR count). The fourth-order valence-corrected chi connectivity index (χ4v) is 2.14. The highest BCUT2D eigenvalue weighted by Crippen LogP contribution is 2.18. The van der Waals surface area contributed by atoms with Gasteiger partial charge >= 0.3 is 11.9 Å². The highest BCUT2D eigenvalue weighted by Gasteiger charge is 2.23. The monoisotopic (exact) mass is 325 g/mol. The van der Waals surface area contributed by atoms with E-state index in [1.54, 1.807) is 23.3 Å². The van der Waals surface area contributed by atoms with E-state index in [-0.39, 0.29) is 11.1 Å². The molecular formula is C19H19NO4. The summed E-state index contributed by atoms with van der Waals surface area (Å²) in [5.41, 5.74) is 1.32. The first-order valence-corrected chi connectivity index (χ1v) is 7.40. The number of nitrogens with zero attached hydrogens (tertiary/aromatic N) is 1. The van der Waals surface area contributed by atoms with Gasteiger partial charge < -0.3 is 14.4 Å². The Morgan fingerprint density at radius 3 is 2.38 bits per heavy atom. The molecule has 1 aliphatic heterocycles. The van der Waals surface area contributed by atoms with Crippen LogP contribution in [0.3, 0.4) is 0 Å². The Bertz CT molecular complexity index is 714. The molecule has 1 aliphatic rings. The molecule has 0 unspecified atom stereocenters. The van der Waals surface area contributed by atoms with Crippen molar-refractivity contribution in [1.82, 2.24) is 4.90 Å². The van der Waals surface area contributed by atoms with Crippen LogP contribution in [0, 0.1) is 0 Å². The minimum atomic E-state index is -0.597. The van der Waals surface area contributed by atoms with Crippen molar-refractivity contribution in [3.8, 4) is 0 Å². The highest BCUT2D eigenvalue weighted by atomic mass is 16.5. The zero-order valence-corrected chi connectivity index (χ0v) is 13.6. The van der Waals surface area contributed by atoms with E-state index in [1.807, 2.05) is 48.7 Å². The maximum Gasteiger partial charge on any atom is 0.340 e. The Hall–Kier alpha value is -3.08. The molecule has 0 fully saturated rings. The molecule has 0 saturated heterocycles. The van der Waals surface area contributed by atoms with Crippen molar-refractivity contribution < 1.29 is 19.1 Å². The summed E-state index contributed by atoms with van der Waals surface area (Å²) in [5.74, 6) is -1.19. The van der Waals surface area contributed by atoms with E-state index in [9.17, 15) is 9.59 Å². The van der Waals surface area contributed by atoms with Crippen molar-refractivity contribution in [2.24, 2.45) is 0 Å². The van der Waals surface area contributed by atoms with Crippen LogP contribution in [0.15, 0.2) is 72.1 Å². The predicted octanol–water partition coefficient (Wildman–Crippen LogP) is 2.69. The van der Waals surface area contributed by atoms with E-state index >= 15 is 0 Å². The Morgan fingerprint density at radius 1 is 1.04 bits per heavy atom. The van der Waals surface area contributed by atoms with Crippen molar-refractivity contribution in [3.63, 3.8) is 0 Å². The summed E-state index contributed by atoms with van der Waals surface area (Å²) in [6.45, 7) is 0.550. The molecule has 124 valence electrons. The number of esters is 2. The van der Waals surface area contributed by atoms with Gasteiger partial charge in [0.25, 0.3) is 0 Å². The van der Waals surface area contributed by atoms with Crippen LogP contribution >= 0.6 is 0 Å². The van der Waals surface area contributed by atoms with Gasteiger partial charge in [-0.3, -0.25) is 0 Å². The molecule has 0 aromatic heterocycles. The van der Waals surface area contributed by atoms with E-state index in [0.29, 0.717) is 6.54 Å². The van der Waals surface area contributed by atoms with Crippen LogP contribution in [-0.4, -0.2) is 37.6 Å². The third-order valence-electron chi connectivity index (χ3n) is 3.37. The molecule has 0 amide bonds. The summed E-state index contributed by atoms with van der Waals surface area (Å²) in [4.78, 5) is 25.8. The first-order valence-electron chi connectivity index (χ1n) is 7.40. The number of hydrogen-bond acceptors (Lipinski definition) is 5. The van der Waals surface area contributed by atoms with Crippen molar-refractivity contribution in [2.45, 2.75) is 0 Å². The number of hydrogen-bond donors (Lipinski definition) is 0. The van der Waals surface area contributed by atoms with Gasteiger partial charge in [-0.2, -0.15) is 0 Å². The summed E-state index contributed by atoms with van der Waals surface area (Å²) in [5, 5.41) is 0. The fourth-order valence-electron chi connectivity index (χ4n) is 2.14. The lowest BCUT2D eigenvalue weighted by Gasteiger charge is -2.18. The Morgan fingerprint density at radius 2 is 1.71 bits per heavy atom. The van der Waals surface area contributed by atoms with Crippen LogP contribution in [0.2, 0.25) is 0 Å². The lowest BCUT2D eigenvalue weighted by Crippen LogP contribution is -2.20. The fraction of sp³-hybridized carbons (Fsp3) is 0.158. The maximum absolute atomic E-state index is 12.1. The molecule has 5 nitrogen and oxygen atoms in total. The van der Waals surface area contributed by atoms with Gasteiger partial charge in [0.1, 0.15) is 0 Å². The molecular weight excluding hydrogens is 306 g/mol. The number of carbonyl (C=O) groups excluding carboxylic acids is 2. The van der Waals surface area contributed by atoms with Gasteiger partial charge in [0, 0.05) is 18.9 Å². The molecule has 1 aromatic rings. The van der Waals surface area contributed by atoms with E-state index < -0.39 is 11.9 Å². The zero-order valence-electron chi connectivity index (χ0n) is 13.6. The molecule has 1 heterocycles. The minimum Gasteiger partial charge on any atom is -0.465 e. The van der Waals surface area contributed by atoms with E-state index in [0.717, 1.165) is 5.56 Å². The summed E-state index contributed by atoms with van der Waals surface area (Å²) in [7, 11) is 2.55. The first kappa shape index (κ1) is 17.3. The van der Waals surface area contributed by atoms with Crippen LogP contribution in [0.1, 0.15) is 5.56 Å². The number of methoxy groups -OCH3 is 2. The molecule has 1 aromatic carbocycles. The second-order valence-electron chi connectivity index (χ2n) is 4.96. The zero-order chi connectivity index (χ0) is 17.4. The smallest absolute Gasteiger partial charge is 0.340 e. The lowest BCUT2D eigenvalue weighted by atomic mass is 10.1. The standard InChI is InChI=1S/C19H19NO4/c1-23-18(21)16-10-6-7-12-20(14-17(16)19(22)24-2)13-11-15-8-4-3-5-9-15/h3-11,13-14H,12H2,1-2H3/b7-6-,13-11+,16-10+,17-14+. The highest BCUT2D eigenvalue weighted by molar-refractivity contribution is 6.07. The molecule has 5 heteroatoms. The molecule has 0 spiro atoms. The number of ether oxygens (including phenoxy) is 2. The van der Waals surface area contributed by atoms with Gasteiger partial charge in [0.05, 0.1) is 25.4 Å². The largest absolute Gasteiger partial charge is 0.465 e. The normalized spacial score (nSPS) is 20.2. The van der Waals surface area contributed by atoms with Crippen LogP contribution < -0.4 is 0 Å². The van der Waals surface area contributed by atoms with Gasteiger partial charge in [-0.15, -0.1) is 0 Å². The maximum atomic E-state index is 12.1. The van der Waals surface area contributed by atoms with Gasteiger partial charge in [0.2, 0.25) is 0 Å². The molecule has 24 heavy (non-hydrogen) atoms. The molecule has 0 N–H and O–H groups in total. The predicted molar refractivity (Wildman–Crippen MR) is 91.5 cm³/mol. The number of rotatable bonds is 4. The Kier molecular flexibility index (Phi) is 6.14. The number of carbonyl (C=O) groups is 2. The molecule has 0 bridgehead atoms. The summed E-state index contributed by atoms with van der Waals surface area (Å²) < 4.78 is 9.54. The molecule has 0 saturated carbocycles. The van der Waals surface area contributed by atoms with Crippen LogP contribution in [-0.2, 0) is 19.1 Å². The van der Waals surface area contributed by atoms with Crippen LogP contribution in [0.5, 0.6) is 0 Å². The average Bonchev–Trinajstić information content (AvgIpc) is 2.61. The minimum absolute atomic E-state index is 0.145. The SMILES string of the molecule is COC(=O)C1=C/C=C\CN(/C=C/c2ccccc2)/C=C\1C(=O)OC. The van der Waals surface area contributed by atoms with E-state index in [2.05, 4.69) is 0 Å². The molecule has 0 radical (unpaired) electrons. The van der Waals surface area contributed by atoms with Crippen LogP contribution in [0.25, 0.3) is 6.08 Å². The Balaban J connectivity index is 2.36. The van der Waals surface area contributed by atoms with Crippen molar-refractivity contribution in [1.29, 1.82) is 0 Å². The lowest BCUT2D eigenvalue weighted by molar-refractivity contribution is -0.139. The molecule has 0 atom stereocenters. The summed E-state index contributed by atoms with van der Waals surface area (Å²) in [6, 6.07) is 9.78. The Labute approximate surface area is 141 Å². The summed E-state index contributed by atoms with van der Waals surface area (Å²) in [6.07, 6.45) is 10.5. The quantitative estimate of drug-likeness (QED) is 0.797. The van der Waals surface area contributed by atoms with Crippen molar-refractivity contribution >= 4 is 18.0 Å².